The predicted molar refractivity (Wildman–Crippen MR) is 119 cm³/mol. The minimum absolute atomic E-state index is 0.205. The first-order valence-electron chi connectivity index (χ1n) is 10.6. The van der Waals surface area contributed by atoms with Crippen LogP contribution in [0.1, 0.15) is 27.6 Å². The summed E-state index contributed by atoms with van der Waals surface area (Å²) >= 11 is 0. The van der Waals surface area contributed by atoms with Crippen LogP contribution in [0.15, 0.2) is 65.3 Å². The van der Waals surface area contributed by atoms with Gasteiger partial charge in [-0.05, 0) is 35.9 Å². The number of benzene rings is 2. The fraction of sp³-hybridized carbons (Fsp3) is 0.280. The normalized spacial score (nSPS) is 17.6. The van der Waals surface area contributed by atoms with E-state index in [4.69, 9.17) is 13.9 Å². The first kappa shape index (κ1) is 22.4. The molecule has 2 atom stereocenters. The number of methoxy groups -OCH3 is 2. The van der Waals surface area contributed by atoms with Crippen molar-refractivity contribution >= 4 is 11.8 Å². The lowest BCUT2D eigenvalue weighted by molar-refractivity contribution is -0.125. The summed E-state index contributed by atoms with van der Waals surface area (Å²) in [5, 5.41) is 2.93. The quantitative estimate of drug-likeness (QED) is 0.592. The Hall–Kier alpha value is -3.81. The predicted octanol–water partition coefficient (Wildman–Crippen LogP) is 3.61. The van der Waals surface area contributed by atoms with Gasteiger partial charge in [-0.1, -0.05) is 24.3 Å². The van der Waals surface area contributed by atoms with Crippen molar-refractivity contribution in [2.75, 3.05) is 27.3 Å². The van der Waals surface area contributed by atoms with Crippen molar-refractivity contribution in [1.82, 2.24) is 10.2 Å². The Morgan fingerprint density at radius 2 is 1.85 bits per heavy atom. The number of nitrogens with one attached hydrogen (secondary N) is 1. The van der Waals surface area contributed by atoms with E-state index in [9.17, 15) is 14.0 Å². The van der Waals surface area contributed by atoms with Crippen molar-refractivity contribution in [3.05, 3.63) is 83.6 Å². The van der Waals surface area contributed by atoms with E-state index in [-0.39, 0.29) is 42.4 Å². The minimum atomic E-state index is -0.523. The highest BCUT2D eigenvalue weighted by atomic mass is 19.1. The summed E-state index contributed by atoms with van der Waals surface area (Å²) in [4.78, 5) is 27.8. The SMILES string of the molecule is COc1cccc(C2CN(C(=O)c3ccco3)CC2C(=O)NCc2ccc(F)cc2)c1OC. The molecule has 2 amide bonds. The van der Waals surface area contributed by atoms with Gasteiger partial charge < -0.3 is 24.1 Å². The summed E-state index contributed by atoms with van der Waals surface area (Å²) < 4.78 is 29.5. The summed E-state index contributed by atoms with van der Waals surface area (Å²) in [5.74, 6) is -0.348. The van der Waals surface area contributed by atoms with Gasteiger partial charge in [-0.25, -0.2) is 4.39 Å². The second-order valence-corrected chi connectivity index (χ2v) is 7.83. The molecule has 7 nitrogen and oxygen atoms in total. The summed E-state index contributed by atoms with van der Waals surface area (Å²) in [7, 11) is 3.10. The van der Waals surface area contributed by atoms with Crippen LogP contribution in [0.4, 0.5) is 4.39 Å². The molecule has 0 bridgehead atoms. The number of carbonyl (C=O) groups excluding carboxylic acids is 2. The van der Waals surface area contributed by atoms with Crippen LogP contribution in [0, 0.1) is 11.7 Å². The third-order valence-corrected chi connectivity index (χ3v) is 5.89. The van der Waals surface area contributed by atoms with Crippen molar-refractivity contribution in [2.45, 2.75) is 12.5 Å². The van der Waals surface area contributed by atoms with Gasteiger partial charge >= 0.3 is 0 Å². The van der Waals surface area contributed by atoms with E-state index in [0.717, 1.165) is 11.1 Å². The van der Waals surface area contributed by atoms with Gasteiger partial charge in [0.1, 0.15) is 5.82 Å². The molecule has 4 rings (SSSR count). The molecule has 0 radical (unpaired) electrons. The molecule has 0 saturated carbocycles. The Labute approximate surface area is 191 Å². The molecule has 172 valence electrons. The van der Waals surface area contributed by atoms with Gasteiger partial charge in [0.25, 0.3) is 5.91 Å². The van der Waals surface area contributed by atoms with E-state index in [1.165, 1.54) is 18.4 Å². The summed E-state index contributed by atoms with van der Waals surface area (Å²) in [6, 6.07) is 14.7. The van der Waals surface area contributed by atoms with Gasteiger partial charge in [-0.15, -0.1) is 0 Å². The average Bonchev–Trinajstić information content (AvgIpc) is 3.53. The van der Waals surface area contributed by atoms with Gasteiger partial charge in [0.2, 0.25) is 5.91 Å². The molecule has 3 aromatic rings. The van der Waals surface area contributed by atoms with E-state index in [2.05, 4.69) is 5.32 Å². The molecule has 0 spiro atoms. The van der Waals surface area contributed by atoms with Crippen molar-refractivity contribution in [1.29, 1.82) is 0 Å². The molecule has 1 saturated heterocycles. The minimum Gasteiger partial charge on any atom is -0.493 e. The standard InChI is InChI=1S/C25H25FN2O5/c1-31-21-6-3-5-18(23(21)32-2)19-14-28(25(30)22-7-4-12-33-22)15-20(19)24(29)27-13-16-8-10-17(26)11-9-16/h3-12,19-20H,13-15H2,1-2H3,(H,27,29). The molecule has 1 N–H and O–H groups in total. The third-order valence-electron chi connectivity index (χ3n) is 5.89. The average molecular weight is 452 g/mol. The zero-order valence-electron chi connectivity index (χ0n) is 18.4. The molecule has 1 aromatic heterocycles. The lowest BCUT2D eigenvalue weighted by atomic mass is 9.87. The van der Waals surface area contributed by atoms with Crippen LogP contribution >= 0.6 is 0 Å². The van der Waals surface area contributed by atoms with Crippen LogP contribution in [0.25, 0.3) is 0 Å². The van der Waals surface area contributed by atoms with Gasteiger partial charge in [0.05, 0.1) is 26.4 Å². The van der Waals surface area contributed by atoms with Crippen molar-refractivity contribution in [2.24, 2.45) is 5.92 Å². The molecule has 1 fully saturated rings. The second kappa shape index (κ2) is 9.77. The van der Waals surface area contributed by atoms with E-state index >= 15 is 0 Å². The van der Waals surface area contributed by atoms with E-state index in [1.807, 2.05) is 12.1 Å². The summed E-state index contributed by atoms with van der Waals surface area (Å²) in [5.41, 5.74) is 1.57. The Morgan fingerprint density at radius 1 is 1.06 bits per heavy atom. The molecule has 0 aliphatic carbocycles. The molecule has 2 aromatic carbocycles. The van der Waals surface area contributed by atoms with Crippen molar-refractivity contribution in [3.8, 4) is 11.5 Å². The number of amides is 2. The Bertz CT molecular complexity index is 1110. The maximum absolute atomic E-state index is 13.3. The van der Waals surface area contributed by atoms with Gasteiger partial charge in [0, 0.05) is 31.1 Å². The summed E-state index contributed by atoms with van der Waals surface area (Å²) in [6.45, 7) is 0.793. The molecular formula is C25H25FN2O5. The maximum Gasteiger partial charge on any atom is 0.289 e. The zero-order chi connectivity index (χ0) is 23.4. The number of likely N-dealkylation sites (tertiary alicyclic amines) is 1. The number of hydrogen-bond donors (Lipinski definition) is 1. The number of furan rings is 1. The zero-order valence-corrected chi connectivity index (χ0v) is 18.4. The first-order valence-corrected chi connectivity index (χ1v) is 10.6. The molecule has 33 heavy (non-hydrogen) atoms. The number of rotatable bonds is 7. The van der Waals surface area contributed by atoms with Gasteiger partial charge in [-0.3, -0.25) is 9.59 Å². The smallest absolute Gasteiger partial charge is 0.289 e. The van der Waals surface area contributed by atoms with Gasteiger partial charge in [-0.2, -0.15) is 0 Å². The monoisotopic (exact) mass is 452 g/mol. The lowest BCUT2D eigenvalue weighted by Gasteiger charge is -2.21. The number of halogens is 1. The van der Waals surface area contributed by atoms with Crippen LogP contribution in [-0.2, 0) is 11.3 Å². The number of para-hydroxylation sites is 1. The largest absolute Gasteiger partial charge is 0.493 e. The first-order chi connectivity index (χ1) is 16.0. The van der Waals surface area contributed by atoms with Crippen LogP contribution in [0.3, 0.4) is 0 Å². The fourth-order valence-corrected chi connectivity index (χ4v) is 4.23. The third kappa shape index (κ3) is 4.69. The topological polar surface area (TPSA) is 81.0 Å². The second-order valence-electron chi connectivity index (χ2n) is 7.83. The van der Waals surface area contributed by atoms with Crippen molar-refractivity contribution in [3.63, 3.8) is 0 Å². The molecular weight excluding hydrogens is 427 g/mol. The fourth-order valence-electron chi connectivity index (χ4n) is 4.23. The van der Waals surface area contributed by atoms with Crippen LogP contribution in [0.5, 0.6) is 11.5 Å². The van der Waals surface area contributed by atoms with E-state index in [0.29, 0.717) is 18.0 Å². The van der Waals surface area contributed by atoms with Crippen LogP contribution in [0.2, 0.25) is 0 Å². The number of nitrogens with zero attached hydrogens (tertiary/aromatic N) is 1. The molecule has 1 aliphatic heterocycles. The molecule has 1 aliphatic rings. The van der Waals surface area contributed by atoms with E-state index in [1.54, 1.807) is 49.5 Å². The molecule has 2 unspecified atom stereocenters. The highest BCUT2D eigenvalue weighted by molar-refractivity contribution is 5.93. The number of hydrogen-bond acceptors (Lipinski definition) is 5. The van der Waals surface area contributed by atoms with Crippen LogP contribution < -0.4 is 14.8 Å². The van der Waals surface area contributed by atoms with Crippen molar-refractivity contribution < 1.29 is 27.9 Å². The number of ether oxygens (including phenoxy) is 2. The summed E-state index contributed by atoms with van der Waals surface area (Å²) in [6.07, 6.45) is 1.44. The Kier molecular flexibility index (Phi) is 6.63. The lowest BCUT2D eigenvalue weighted by Crippen LogP contribution is -2.35. The van der Waals surface area contributed by atoms with Crippen LogP contribution in [-0.4, -0.2) is 44.0 Å². The maximum atomic E-state index is 13.3. The van der Waals surface area contributed by atoms with Gasteiger partial charge in [0.15, 0.2) is 17.3 Å². The molecule has 8 heteroatoms. The number of carbonyl (C=O) groups is 2. The molecule has 2 heterocycles. The Balaban J connectivity index is 1.60. The highest BCUT2D eigenvalue weighted by Gasteiger charge is 2.42. The Morgan fingerprint density at radius 3 is 2.52 bits per heavy atom. The highest BCUT2D eigenvalue weighted by Crippen LogP contribution is 2.42. The van der Waals surface area contributed by atoms with E-state index < -0.39 is 5.92 Å².